The molecule has 102 valence electrons. The van der Waals surface area contributed by atoms with Crippen LogP contribution >= 0.6 is 11.9 Å². The molecule has 1 heterocycles. The van der Waals surface area contributed by atoms with E-state index in [9.17, 15) is 8.78 Å². The second kappa shape index (κ2) is 4.76. The fourth-order valence-electron chi connectivity index (χ4n) is 2.55. The molecule has 3 rings (SSSR count). The average Bonchev–Trinajstić information content (AvgIpc) is 2.80. The Morgan fingerprint density at radius 3 is 3.00 bits per heavy atom. The Bertz CT molecular complexity index is 599. The van der Waals surface area contributed by atoms with Gasteiger partial charge >= 0.3 is 0 Å². The van der Waals surface area contributed by atoms with Gasteiger partial charge in [0, 0.05) is 23.7 Å². The third-order valence-electron chi connectivity index (χ3n) is 3.50. The quantitative estimate of drug-likeness (QED) is 0.844. The summed E-state index contributed by atoms with van der Waals surface area (Å²) >= 11 is 1.12. The molecule has 1 atom stereocenters. The number of halogens is 2. The summed E-state index contributed by atoms with van der Waals surface area (Å²) < 4.78 is 32.5. The first kappa shape index (κ1) is 12.9. The van der Waals surface area contributed by atoms with Gasteiger partial charge in [0.15, 0.2) is 11.5 Å². The Kier molecular flexibility index (Phi) is 3.22. The zero-order chi connectivity index (χ0) is 13.5. The van der Waals surface area contributed by atoms with Crippen molar-refractivity contribution in [1.82, 2.24) is 4.98 Å². The van der Waals surface area contributed by atoms with E-state index in [2.05, 4.69) is 4.98 Å². The van der Waals surface area contributed by atoms with Crippen LogP contribution in [0.25, 0.3) is 11.1 Å². The molecule has 2 N–H and O–H groups in total. The van der Waals surface area contributed by atoms with Gasteiger partial charge in [-0.25, -0.2) is 13.8 Å². The largest absolute Gasteiger partial charge is 0.440 e. The fourth-order valence-corrected chi connectivity index (χ4v) is 2.87. The van der Waals surface area contributed by atoms with Crippen molar-refractivity contribution < 1.29 is 13.2 Å². The summed E-state index contributed by atoms with van der Waals surface area (Å²) in [7, 11) is 0. The molecule has 19 heavy (non-hydrogen) atoms. The second-order valence-electron chi connectivity index (χ2n) is 4.95. The van der Waals surface area contributed by atoms with Gasteiger partial charge < -0.3 is 4.42 Å². The predicted molar refractivity (Wildman–Crippen MR) is 70.2 cm³/mol. The highest BCUT2D eigenvalue weighted by Crippen LogP contribution is 2.42. The van der Waals surface area contributed by atoms with Crippen molar-refractivity contribution in [2.75, 3.05) is 0 Å². The number of nitrogens with zero attached hydrogens (tertiary/aromatic N) is 1. The van der Waals surface area contributed by atoms with Crippen molar-refractivity contribution in [1.29, 1.82) is 0 Å². The van der Waals surface area contributed by atoms with Crippen molar-refractivity contribution >= 4 is 23.0 Å². The topological polar surface area (TPSA) is 52.0 Å². The summed E-state index contributed by atoms with van der Waals surface area (Å²) in [6.45, 7) is 0. The number of alkyl halides is 2. The molecule has 3 nitrogen and oxygen atoms in total. The molecule has 1 aliphatic rings. The molecule has 0 amide bonds. The minimum absolute atomic E-state index is 0.0301. The van der Waals surface area contributed by atoms with Crippen LogP contribution in [0.15, 0.2) is 27.5 Å². The van der Waals surface area contributed by atoms with Crippen LogP contribution in [0.2, 0.25) is 0 Å². The molecule has 0 bridgehead atoms. The van der Waals surface area contributed by atoms with Crippen LogP contribution in [0.3, 0.4) is 0 Å². The van der Waals surface area contributed by atoms with E-state index in [-0.39, 0.29) is 18.8 Å². The van der Waals surface area contributed by atoms with E-state index >= 15 is 0 Å². The van der Waals surface area contributed by atoms with Gasteiger partial charge in [-0.1, -0.05) is 0 Å². The van der Waals surface area contributed by atoms with Gasteiger partial charge in [0.05, 0.1) is 0 Å². The number of hydrogen-bond acceptors (Lipinski definition) is 4. The van der Waals surface area contributed by atoms with Crippen LogP contribution in [-0.2, 0) is 0 Å². The number of hydrogen-bond donors (Lipinski definition) is 1. The summed E-state index contributed by atoms with van der Waals surface area (Å²) in [4.78, 5) is 5.19. The summed E-state index contributed by atoms with van der Waals surface area (Å²) in [6.07, 6.45) is 1.03. The molecule has 6 heteroatoms. The van der Waals surface area contributed by atoms with Crippen molar-refractivity contribution in [3.63, 3.8) is 0 Å². The SMILES string of the molecule is NSc1ccc2nc([C@H]3CCCC(F)(F)C3)oc2c1. The molecule has 1 saturated carbocycles. The minimum atomic E-state index is -2.60. The second-order valence-corrected chi connectivity index (χ2v) is 5.66. The number of oxazole rings is 1. The van der Waals surface area contributed by atoms with Gasteiger partial charge in [0.1, 0.15) is 5.52 Å². The maximum atomic E-state index is 13.4. The molecule has 1 aromatic heterocycles. The maximum Gasteiger partial charge on any atom is 0.248 e. The van der Waals surface area contributed by atoms with Crippen LogP contribution in [-0.4, -0.2) is 10.9 Å². The summed E-state index contributed by atoms with van der Waals surface area (Å²) in [5.74, 6) is -2.46. The van der Waals surface area contributed by atoms with E-state index < -0.39 is 5.92 Å². The Balaban J connectivity index is 1.92. The third-order valence-corrected chi connectivity index (χ3v) is 4.03. The van der Waals surface area contributed by atoms with Crippen molar-refractivity contribution in [3.8, 4) is 0 Å². The molecular formula is C13H14F2N2OS. The third kappa shape index (κ3) is 2.60. The summed E-state index contributed by atoms with van der Waals surface area (Å²) in [6, 6.07) is 5.44. The highest BCUT2D eigenvalue weighted by Gasteiger charge is 2.38. The van der Waals surface area contributed by atoms with Gasteiger partial charge in [-0.15, -0.1) is 0 Å². The van der Waals surface area contributed by atoms with Gasteiger partial charge in [0.25, 0.3) is 0 Å². The summed E-state index contributed by atoms with van der Waals surface area (Å²) in [5.41, 5.74) is 1.31. The fraction of sp³-hybridized carbons (Fsp3) is 0.462. The van der Waals surface area contributed by atoms with Crippen LogP contribution in [0.1, 0.15) is 37.5 Å². The van der Waals surface area contributed by atoms with E-state index in [0.29, 0.717) is 29.8 Å². The predicted octanol–water partition coefficient (Wildman–Crippen LogP) is 4.09. The van der Waals surface area contributed by atoms with Crippen LogP contribution in [0, 0.1) is 0 Å². The Morgan fingerprint density at radius 2 is 2.26 bits per heavy atom. The lowest BCUT2D eigenvalue weighted by Crippen LogP contribution is -2.25. The molecule has 1 aliphatic carbocycles. The van der Waals surface area contributed by atoms with Crippen LogP contribution < -0.4 is 5.14 Å². The molecule has 0 saturated heterocycles. The van der Waals surface area contributed by atoms with Crippen molar-refractivity contribution in [3.05, 3.63) is 24.1 Å². The first-order chi connectivity index (χ1) is 9.07. The number of fused-ring (bicyclic) bond motifs is 1. The maximum absolute atomic E-state index is 13.4. The van der Waals surface area contributed by atoms with Crippen LogP contribution in [0.4, 0.5) is 8.78 Å². The molecule has 1 fully saturated rings. The zero-order valence-corrected chi connectivity index (χ0v) is 11.1. The average molecular weight is 284 g/mol. The Labute approximate surface area is 113 Å². The van der Waals surface area contributed by atoms with E-state index in [1.54, 1.807) is 12.1 Å². The van der Waals surface area contributed by atoms with Gasteiger partial charge in [-0.3, -0.25) is 5.14 Å². The number of nitrogens with two attached hydrogens (primary N) is 1. The monoisotopic (exact) mass is 284 g/mol. The standard InChI is InChI=1S/C13H14F2N2OS/c14-13(15)5-1-2-8(7-13)12-17-10-4-3-9(19-16)6-11(10)18-12/h3-4,6,8H,1-2,5,7,16H2/t8-/m0/s1. The van der Waals surface area contributed by atoms with Gasteiger partial charge in [-0.2, -0.15) is 0 Å². The molecule has 1 aromatic carbocycles. The first-order valence-corrected chi connectivity index (χ1v) is 7.10. The van der Waals surface area contributed by atoms with Crippen LogP contribution in [0.5, 0.6) is 0 Å². The molecule has 2 aromatic rings. The van der Waals surface area contributed by atoms with Crippen molar-refractivity contribution in [2.24, 2.45) is 5.14 Å². The van der Waals surface area contributed by atoms with Gasteiger partial charge in [0.2, 0.25) is 5.92 Å². The number of aromatic nitrogens is 1. The molecule has 0 radical (unpaired) electrons. The molecule has 0 unspecified atom stereocenters. The highest BCUT2D eigenvalue weighted by atomic mass is 32.2. The zero-order valence-electron chi connectivity index (χ0n) is 10.2. The van der Waals surface area contributed by atoms with Gasteiger partial charge in [-0.05, 0) is 43.0 Å². The smallest absolute Gasteiger partial charge is 0.248 e. The summed E-state index contributed by atoms with van der Waals surface area (Å²) in [5, 5.41) is 5.48. The normalized spacial score (nSPS) is 22.8. The Morgan fingerprint density at radius 1 is 1.42 bits per heavy atom. The van der Waals surface area contributed by atoms with Crippen molar-refractivity contribution in [2.45, 2.75) is 42.4 Å². The number of benzene rings is 1. The van der Waals surface area contributed by atoms with E-state index in [0.717, 1.165) is 16.8 Å². The van der Waals surface area contributed by atoms with E-state index in [1.807, 2.05) is 6.07 Å². The minimum Gasteiger partial charge on any atom is -0.440 e. The number of rotatable bonds is 2. The first-order valence-electron chi connectivity index (χ1n) is 6.22. The molecule has 0 spiro atoms. The van der Waals surface area contributed by atoms with E-state index in [4.69, 9.17) is 9.56 Å². The Hall–Kier alpha value is -1.14. The molecular weight excluding hydrogens is 270 g/mol. The highest BCUT2D eigenvalue weighted by molar-refractivity contribution is 7.97. The lowest BCUT2D eigenvalue weighted by Gasteiger charge is -2.26. The molecule has 0 aliphatic heterocycles. The lowest BCUT2D eigenvalue weighted by atomic mass is 9.86. The lowest BCUT2D eigenvalue weighted by molar-refractivity contribution is -0.0434. The van der Waals surface area contributed by atoms with E-state index in [1.165, 1.54) is 0 Å².